The maximum atomic E-state index is 12.1. The maximum absolute atomic E-state index is 12.1. The van der Waals surface area contributed by atoms with Crippen molar-refractivity contribution in [3.8, 4) is 0 Å². The molecule has 2 heterocycles. The Morgan fingerprint density at radius 3 is 2.76 bits per heavy atom. The summed E-state index contributed by atoms with van der Waals surface area (Å²) in [5.74, 6) is 0.700. The second-order valence-electron chi connectivity index (χ2n) is 5.81. The summed E-state index contributed by atoms with van der Waals surface area (Å²) < 4.78 is 6.83. The van der Waals surface area contributed by atoms with Crippen molar-refractivity contribution in [2.75, 3.05) is 44.3 Å². The van der Waals surface area contributed by atoms with Crippen molar-refractivity contribution in [1.82, 2.24) is 15.1 Å². The second-order valence-corrected chi connectivity index (χ2v) is 5.81. The number of hydrogen-bond acceptors (Lipinski definition) is 5. The summed E-state index contributed by atoms with van der Waals surface area (Å²) in [6.07, 6.45) is 2.93. The van der Waals surface area contributed by atoms with Crippen molar-refractivity contribution in [3.05, 3.63) is 22.6 Å². The highest BCUT2D eigenvalue weighted by atomic mass is 16.5. The van der Waals surface area contributed by atoms with Crippen molar-refractivity contribution in [2.45, 2.75) is 26.8 Å². The summed E-state index contributed by atoms with van der Waals surface area (Å²) in [5, 5.41) is 7.61. The van der Waals surface area contributed by atoms with Crippen LogP contribution in [0.1, 0.15) is 20.3 Å². The van der Waals surface area contributed by atoms with Gasteiger partial charge in [-0.3, -0.25) is 4.79 Å². The van der Waals surface area contributed by atoms with Gasteiger partial charge in [0.25, 0.3) is 5.56 Å². The molecule has 1 N–H and O–H groups in total. The van der Waals surface area contributed by atoms with E-state index in [9.17, 15) is 4.79 Å². The first-order valence-electron chi connectivity index (χ1n) is 7.77. The van der Waals surface area contributed by atoms with E-state index in [1.165, 1.54) is 4.68 Å². The molecule has 1 saturated heterocycles. The van der Waals surface area contributed by atoms with E-state index in [4.69, 9.17) is 4.74 Å². The predicted octanol–water partition coefficient (Wildman–Crippen LogP) is 0.716. The molecule has 2 rings (SSSR count). The van der Waals surface area contributed by atoms with E-state index in [1.807, 2.05) is 0 Å². The van der Waals surface area contributed by atoms with E-state index in [0.29, 0.717) is 25.7 Å². The molecule has 0 aliphatic carbocycles. The molecule has 0 saturated carbocycles. The lowest BCUT2D eigenvalue weighted by atomic mass is 10.1. The smallest absolute Gasteiger partial charge is 0.268 e. The molecule has 1 aliphatic heterocycles. The molecule has 0 radical (unpaired) electrons. The van der Waals surface area contributed by atoms with Crippen LogP contribution in [-0.2, 0) is 11.3 Å². The molecule has 6 heteroatoms. The minimum absolute atomic E-state index is 0.0374. The minimum atomic E-state index is -0.0374. The van der Waals surface area contributed by atoms with Gasteiger partial charge in [0.15, 0.2) is 0 Å². The Hall–Kier alpha value is -1.40. The average molecular weight is 294 g/mol. The third kappa shape index (κ3) is 5.13. The second kappa shape index (κ2) is 8.14. The maximum Gasteiger partial charge on any atom is 0.268 e. The number of anilines is 1. The van der Waals surface area contributed by atoms with Gasteiger partial charge in [0.05, 0.1) is 31.6 Å². The summed E-state index contributed by atoms with van der Waals surface area (Å²) in [4.78, 5) is 14.2. The van der Waals surface area contributed by atoms with Gasteiger partial charge in [0, 0.05) is 25.7 Å². The number of nitrogens with one attached hydrogen (secondary N) is 1. The molecular weight excluding hydrogens is 268 g/mol. The zero-order valence-corrected chi connectivity index (χ0v) is 13.0. The number of morpholine rings is 1. The Morgan fingerprint density at radius 2 is 2.10 bits per heavy atom. The van der Waals surface area contributed by atoms with Gasteiger partial charge in [-0.1, -0.05) is 13.8 Å². The highest BCUT2D eigenvalue weighted by molar-refractivity contribution is 5.43. The molecule has 6 nitrogen and oxygen atoms in total. The van der Waals surface area contributed by atoms with Gasteiger partial charge in [0.2, 0.25) is 0 Å². The Balaban J connectivity index is 1.83. The first-order valence-corrected chi connectivity index (χ1v) is 7.77. The van der Waals surface area contributed by atoms with Gasteiger partial charge in [-0.05, 0) is 18.9 Å². The molecule has 21 heavy (non-hydrogen) atoms. The summed E-state index contributed by atoms with van der Waals surface area (Å²) in [7, 11) is 0. The Bertz CT molecular complexity index is 481. The lowest BCUT2D eigenvalue weighted by Crippen LogP contribution is -2.37. The molecule has 0 atom stereocenters. The van der Waals surface area contributed by atoms with Gasteiger partial charge < -0.3 is 15.0 Å². The molecule has 118 valence electrons. The monoisotopic (exact) mass is 294 g/mol. The van der Waals surface area contributed by atoms with Crippen LogP contribution < -0.4 is 15.8 Å². The molecule has 1 aliphatic rings. The molecule has 1 aromatic heterocycles. The molecular formula is C15H26N4O2. The summed E-state index contributed by atoms with van der Waals surface area (Å²) in [5.41, 5.74) is 0.858. The fraction of sp³-hybridized carbons (Fsp3) is 0.733. The van der Waals surface area contributed by atoms with Crippen molar-refractivity contribution in [1.29, 1.82) is 0 Å². The molecule has 0 aromatic carbocycles. The highest BCUT2D eigenvalue weighted by Crippen LogP contribution is 2.11. The third-order valence-corrected chi connectivity index (χ3v) is 3.63. The Labute approximate surface area is 126 Å². The Morgan fingerprint density at radius 1 is 1.33 bits per heavy atom. The molecule has 1 aromatic rings. The van der Waals surface area contributed by atoms with Crippen LogP contribution in [0.15, 0.2) is 17.1 Å². The van der Waals surface area contributed by atoms with Gasteiger partial charge in [0.1, 0.15) is 0 Å². The number of nitrogens with zero attached hydrogens (tertiary/aromatic N) is 3. The van der Waals surface area contributed by atoms with Crippen molar-refractivity contribution >= 4 is 5.69 Å². The lowest BCUT2D eigenvalue weighted by Gasteiger charge is -2.28. The fourth-order valence-corrected chi connectivity index (χ4v) is 2.29. The lowest BCUT2D eigenvalue weighted by molar-refractivity contribution is 0.122. The van der Waals surface area contributed by atoms with Crippen LogP contribution in [0, 0.1) is 5.92 Å². The fourth-order valence-electron chi connectivity index (χ4n) is 2.29. The van der Waals surface area contributed by atoms with Crippen LogP contribution in [0.4, 0.5) is 5.69 Å². The number of hydrogen-bond donors (Lipinski definition) is 1. The normalized spacial score (nSPS) is 15.7. The van der Waals surface area contributed by atoms with Crippen molar-refractivity contribution < 1.29 is 4.74 Å². The van der Waals surface area contributed by atoms with E-state index in [2.05, 4.69) is 29.2 Å². The molecule has 1 fully saturated rings. The molecule has 0 amide bonds. The van der Waals surface area contributed by atoms with E-state index < -0.39 is 0 Å². The van der Waals surface area contributed by atoms with Crippen LogP contribution in [0.5, 0.6) is 0 Å². The van der Waals surface area contributed by atoms with E-state index in [0.717, 1.165) is 38.3 Å². The summed E-state index contributed by atoms with van der Waals surface area (Å²) >= 11 is 0. The predicted molar refractivity (Wildman–Crippen MR) is 83.9 cm³/mol. The molecule has 0 unspecified atom stereocenters. The molecule has 0 bridgehead atoms. The van der Waals surface area contributed by atoms with Crippen LogP contribution in [-0.4, -0.2) is 49.2 Å². The van der Waals surface area contributed by atoms with Crippen LogP contribution in [0.25, 0.3) is 0 Å². The third-order valence-electron chi connectivity index (χ3n) is 3.63. The van der Waals surface area contributed by atoms with Crippen LogP contribution in [0.2, 0.25) is 0 Å². The van der Waals surface area contributed by atoms with Gasteiger partial charge in [-0.25, -0.2) is 4.68 Å². The van der Waals surface area contributed by atoms with Gasteiger partial charge in [-0.15, -0.1) is 0 Å². The van der Waals surface area contributed by atoms with Gasteiger partial charge in [-0.2, -0.15) is 5.10 Å². The zero-order chi connectivity index (χ0) is 15.1. The first kappa shape index (κ1) is 16.0. The summed E-state index contributed by atoms with van der Waals surface area (Å²) in [6.45, 7) is 9.85. The standard InChI is InChI=1S/C15H26N4O2/c1-13(2)3-4-16-5-6-19-15(20)11-14(12-17-19)18-7-9-21-10-8-18/h11-13,16H,3-10H2,1-2H3. The number of ether oxygens (including phenoxy) is 1. The average Bonchev–Trinajstić information content (AvgIpc) is 2.49. The number of rotatable bonds is 7. The highest BCUT2D eigenvalue weighted by Gasteiger charge is 2.12. The van der Waals surface area contributed by atoms with E-state index in [1.54, 1.807) is 12.3 Å². The SMILES string of the molecule is CC(C)CCNCCn1ncc(N2CCOCC2)cc1=O. The van der Waals surface area contributed by atoms with Crippen LogP contribution >= 0.6 is 0 Å². The van der Waals surface area contributed by atoms with Crippen molar-refractivity contribution in [2.24, 2.45) is 5.92 Å². The topological polar surface area (TPSA) is 59.4 Å². The quantitative estimate of drug-likeness (QED) is 0.751. The first-order chi connectivity index (χ1) is 10.2. The van der Waals surface area contributed by atoms with E-state index in [-0.39, 0.29) is 5.56 Å². The summed E-state index contributed by atoms with van der Waals surface area (Å²) in [6, 6.07) is 1.67. The van der Waals surface area contributed by atoms with E-state index >= 15 is 0 Å². The minimum Gasteiger partial charge on any atom is -0.378 e. The largest absolute Gasteiger partial charge is 0.378 e. The van der Waals surface area contributed by atoms with Crippen LogP contribution in [0.3, 0.4) is 0 Å². The Kier molecular flexibility index (Phi) is 6.20. The number of aromatic nitrogens is 2. The van der Waals surface area contributed by atoms with Gasteiger partial charge >= 0.3 is 0 Å². The molecule has 0 spiro atoms. The zero-order valence-electron chi connectivity index (χ0n) is 13.0. The van der Waals surface area contributed by atoms with Crippen molar-refractivity contribution in [3.63, 3.8) is 0 Å².